The van der Waals surface area contributed by atoms with Gasteiger partial charge in [-0.05, 0) is 36.5 Å². The van der Waals surface area contributed by atoms with Gasteiger partial charge in [0.05, 0.1) is 12.2 Å². The van der Waals surface area contributed by atoms with E-state index < -0.39 is 35.1 Å². The SMILES string of the molecule is NC(=O)C1CN(c2ccc([C@H]3CC[S@@+]([O-])CC3)c(F)c2)C(=O)O1. The summed E-state index contributed by atoms with van der Waals surface area (Å²) in [6.07, 6.45) is -0.343. The van der Waals surface area contributed by atoms with Crippen molar-refractivity contribution in [3.63, 3.8) is 0 Å². The molecule has 1 atom stereocenters. The molecule has 3 rings (SSSR count). The third kappa shape index (κ3) is 3.28. The first-order valence-corrected chi connectivity index (χ1v) is 8.86. The third-order valence-corrected chi connectivity index (χ3v) is 5.63. The van der Waals surface area contributed by atoms with Crippen LogP contribution in [0, 0.1) is 5.82 Å². The molecule has 1 aromatic rings. The lowest BCUT2D eigenvalue weighted by Gasteiger charge is -2.25. The molecule has 1 unspecified atom stereocenters. The van der Waals surface area contributed by atoms with Gasteiger partial charge in [-0.1, -0.05) is 17.2 Å². The number of hydrogen-bond donors (Lipinski definition) is 1. The minimum Gasteiger partial charge on any atom is -0.616 e. The van der Waals surface area contributed by atoms with Crippen LogP contribution >= 0.6 is 0 Å². The summed E-state index contributed by atoms with van der Waals surface area (Å²) < 4.78 is 30.7. The summed E-state index contributed by atoms with van der Waals surface area (Å²) in [5.74, 6) is 0.0872. The highest BCUT2D eigenvalue weighted by atomic mass is 32.2. The average molecular weight is 340 g/mol. The van der Waals surface area contributed by atoms with Crippen LogP contribution < -0.4 is 10.6 Å². The molecule has 0 aliphatic carbocycles. The van der Waals surface area contributed by atoms with Crippen molar-refractivity contribution in [1.82, 2.24) is 0 Å². The van der Waals surface area contributed by atoms with Gasteiger partial charge in [-0.15, -0.1) is 0 Å². The Morgan fingerprint density at radius 2 is 2.09 bits per heavy atom. The molecule has 0 radical (unpaired) electrons. The number of primary amides is 1. The lowest BCUT2D eigenvalue weighted by atomic mass is 9.93. The zero-order chi connectivity index (χ0) is 16.6. The Bertz CT molecular complexity index is 634. The molecule has 23 heavy (non-hydrogen) atoms. The minimum absolute atomic E-state index is 0.0185. The number of benzene rings is 1. The first kappa shape index (κ1) is 16.1. The highest BCUT2D eigenvalue weighted by Crippen LogP contribution is 2.33. The maximum Gasteiger partial charge on any atom is 0.415 e. The van der Waals surface area contributed by atoms with Crippen LogP contribution in [0.25, 0.3) is 0 Å². The smallest absolute Gasteiger partial charge is 0.415 e. The van der Waals surface area contributed by atoms with Crippen molar-refractivity contribution < 1.29 is 23.3 Å². The van der Waals surface area contributed by atoms with Gasteiger partial charge in [0.1, 0.15) is 17.3 Å². The number of carbonyl (C=O) groups excluding carboxylic acids is 2. The van der Waals surface area contributed by atoms with E-state index in [1.54, 1.807) is 12.1 Å². The van der Waals surface area contributed by atoms with Gasteiger partial charge in [-0.25, -0.2) is 9.18 Å². The van der Waals surface area contributed by atoms with Crippen LogP contribution in [0.2, 0.25) is 0 Å². The van der Waals surface area contributed by atoms with E-state index in [9.17, 15) is 18.5 Å². The van der Waals surface area contributed by atoms with Gasteiger partial charge in [0.2, 0.25) is 0 Å². The van der Waals surface area contributed by atoms with Gasteiger partial charge in [0.15, 0.2) is 6.10 Å². The first-order valence-electron chi connectivity index (χ1n) is 7.37. The summed E-state index contributed by atoms with van der Waals surface area (Å²) in [6, 6.07) is 4.55. The Balaban J connectivity index is 1.77. The maximum atomic E-state index is 14.4. The molecule has 2 N–H and O–H groups in total. The topological polar surface area (TPSA) is 95.7 Å². The molecule has 2 fully saturated rings. The Kier molecular flexibility index (Phi) is 4.45. The summed E-state index contributed by atoms with van der Waals surface area (Å²) >= 11 is -0.797. The molecule has 2 amide bonds. The molecule has 0 bridgehead atoms. The van der Waals surface area contributed by atoms with Crippen LogP contribution in [0.3, 0.4) is 0 Å². The number of anilines is 1. The first-order chi connectivity index (χ1) is 11.0. The van der Waals surface area contributed by atoms with Crippen LogP contribution in [0.4, 0.5) is 14.9 Å². The number of nitrogens with zero attached hydrogens (tertiary/aromatic N) is 1. The Hall–Kier alpha value is -1.80. The van der Waals surface area contributed by atoms with Crippen LogP contribution in [-0.4, -0.2) is 40.7 Å². The fourth-order valence-corrected chi connectivity index (χ4v) is 4.24. The summed E-state index contributed by atoms with van der Waals surface area (Å²) in [5.41, 5.74) is 6.03. The van der Waals surface area contributed by atoms with E-state index >= 15 is 0 Å². The fourth-order valence-electron chi connectivity index (χ4n) is 2.94. The molecular weight excluding hydrogens is 323 g/mol. The Morgan fingerprint density at radius 1 is 1.39 bits per heavy atom. The monoisotopic (exact) mass is 340 g/mol. The molecule has 2 aliphatic rings. The summed E-state index contributed by atoms with van der Waals surface area (Å²) in [5, 5.41) is 0. The van der Waals surface area contributed by atoms with Crippen molar-refractivity contribution >= 4 is 28.9 Å². The molecule has 8 heteroatoms. The van der Waals surface area contributed by atoms with E-state index in [4.69, 9.17) is 10.5 Å². The number of rotatable bonds is 3. The van der Waals surface area contributed by atoms with Crippen LogP contribution in [0.15, 0.2) is 18.2 Å². The molecule has 2 aliphatic heterocycles. The number of hydrogen-bond acceptors (Lipinski definition) is 4. The second-order valence-corrected chi connectivity index (χ2v) is 7.41. The Morgan fingerprint density at radius 3 is 2.65 bits per heavy atom. The molecule has 124 valence electrons. The summed E-state index contributed by atoms with van der Waals surface area (Å²) in [4.78, 5) is 24.1. The molecule has 2 saturated heterocycles. The number of amides is 2. The zero-order valence-corrected chi connectivity index (χ0v) is 13.2. The lowest BCUT2D eigenvalue weighted by Crippen LogP contribution is -2.32. The van der Waals surface area contributed by atoms with Crippen molar-refractivity contribution in [1.29, 1.82) is 0 Å². The number of halogens is 1. The molecule has 1 aromatic carbocycles. The number of ether oxygens (including phenoxy) is 1. The van der Waals surface area contributed by atoms with Crippen LogP contribution in [0.5, 0.6) is 0 Å². The molecule has 6 nitrogen and oxygen atoms in total. The minimum atomic E-state index is -1.02. The normalized spacial score (nSPS) is 27.8. The van der Waals surface area contributed by atoms with Gasteiger partial charge < -0.3 is 15.0 Å². The van der Waals surface area contributed by atoms with Gasteiger partial charge in [0, 0.05) is 0 Å². The van der Waals surface area contributed by atoms with E-state index in [0.717, 1.165) is 0 Å². The largest absolute Gasteiger partial charge is 0.616 e. The number of cyclic esters (lactones) is 1. The summed E-state index contributed by atoms with van der Waals surface area (Å²) in [6.45, 7) is -0.0185. The molecule has 2 heterocycles. The van der Waals surface area contributed by atoms with Crippen LogP contribution in [0.1, 0.15) is 24.3 Å². The van der Waals surface area contributed by atoms with E-state index in [1.165, 1.54) is 11.0 Å². The highest BCUT2D eigenvalue weighted by Gasteiger charge is 2.36. The number of nitrogens with two attached hydrogens (primary N) is 1. The van der Waals surface area contributed by atoms with Crippen molar-refractivity contribution in [3.8, 4) is 0 Å². The van der Waals surface area contributed by atoms with Crippen molar-refractivity contribution in [2.45, 2.75) is 24.9 Å². The van der Waals surface area contributed by atoms with E-state index in [1.807, 2.05) is 0 Å². The molecular formula is C15H17FN2O4S. The van der Waals surface area contributed by atoms with Gasteiger partial charge in [-0.2, -0.15) is 0 Å². The predicted octanol–water partition coefficient (Wildman–Crippen LogP) is 1.26. The maximum absolute atomic E-state index is 14.4. The average Bonchev–Trinajstić information content (AvgIpc) is 2.90. The molecule has 0 aromatic heterocycles. The van der Waals surface area contributed by atoms with E-state index in [-0.39, 0.29) is 12.5 Å². The standard InChI is InChI=1S/C15H17FN2O4S/c16-12-7-10(18-8-13(14(17)19)22-15(18)20)1-2-11(12)9-3-5-23(21)6-4-9/h1-2,7,9,13H,3-6,8H2,(H2,17,19)/t9-,13?,23+. The van der Waals surface area contributed by atoms with Gasteiger partial charge >= 0.3 is 6.09 Å². The lowest BCUT2D eigenvalue weighted by molar-refractivity contribution is -0.124. The number of carbonyl (C=O) groups is 2. The zero-order valence-electron chi connectivity index (χ0n) is 12.4. The van der Waals surface area contributed by atoms with E-state index in [2.05, 4.69) is 0 Å². The molecule has 0 spiro atoms. The quantitative estimate of drug-likeness (QED) is 0.838. The third-order valence-electron chi connectivity index (χ3n) is 4.25. The fraction of sp³-hybridized carbons (Fsp3) is 0.467. The van der Waals surface area contributed by atoms with E-state index in [0.29, 0.717) is 35.6 Å². The Labute approximate surface area is 136 Å². The van der Waals surface area contributed by atoms with Crippen molar-refractivity contribution in [2.24, 2.45) is 5.73 Å². The highest BCUT2D eigenvalue weighted by molar-refractivity contribution is 7.91. The summed E-state index contributed by atoms with van der Waals surface area (Å²) in [7, 11) is 0. The second kappa shape index (κ2) is 6.37. The predicted molar refractivity (Wildman–Crippen MR) is 83.1 cm³/mol. The van der Waals surface area contributed by atoms with Crippen molar-refractivity contribution in [2.75, 3.05) is 23.0 Å². The van der Waals surface area contributed by atoms with Gasteiger partial charge in [-0.3, -0.25) is 9.69 Å². The molecule has 0 saturated carbocycles. The van der Waals surface area contributed by atoms with Crippen molar-refractivity contribution in [3.05, 3.63) is 29.6 Å². The van der Waals surface area contributed by atoms with Crippen LogP contribution in [-0.2, 0) is 20.7 Å². The second-order valence-electron chi connectivity index (χ2n) is 5.71. The van der Waals surface area contributed by atoms with Gasteiger partial charge in [0.25, 0.3) is 5.91 Å².